The summed E-state index contributed by atoms with van der Waals surface area (Å²) in [5, 5.41) is 5.03. The average Bonchev–Trinajstić information content (AvgIpc) is 2.21. The molecule has 2 heterocycles. The monoisotopic (exact) mass is 249 g/mol. The zero-order valence-electron chi connectivity index (χ0n) is 10.8. The van der Waals surface area contributed by atoms with Gasteiger partial charge in [-0.1, -0.05) is 18.7 Å². The van der Waals surface area contributed by atoms with Crippen LogP contribution in [0.15, 0.2) is 17.1 Å². The third kappa shape index (κ3) is 3.22. The van der Waals surface area contributed by atoms with Crippen LogP contribution in [0.5, 0.6) is 0 Å². The highest BCUT2D eigenvalue weighted by atomic mass is 32.2. The number of aromatic nitrogens is 1. The fourth-order valence-corrected chi connectivity index (χ4v) is 3.16. The summed E-state index contributed by atoms with van der Waals surface area (Å²) in [7, 11) is 0. The lowest BCUT2D eigenvalue weighted by atomic mass is 10.2. The van der Waals surface area contributed by atoms with E-state index in [0.29, 0.717) is 11.3 Å². The summed E-state index contributed by atoms with van der Waals surface area (Å²) in [6.45, 7) is 8.44. The van der Waals surface area contributed by atoms with Gasteiger partial charge in [-0.25, -0.2) is 0 Å². The van der Waals surface area contributed by atoms with Gasteiger partial charge in [0.05, 0.1) is 17.4 Å². The molecule has 1 N–H and O–H groups in total. The van der Waals surface area contributed by atoms with E-state index in [9.17, 15) is 0 Å². The highest BCUT2D eigenvalue weighted by molar-refractivity contribution is 8.14. The maximum Gasteiger partial charge on any atom is 0.161 e. The number of thioether (sulfide) groups is 1. The zero-order valence-corrected chi connectivity index (χ0v) is 11.6. The Hall–Kier alpha value is -1.03. The normalized spacial score (nSPS) is 24.4. The van der Waals surface area contributed by atoms with Crippen LogP contribution in [0, 0.1) is 13.8 Å². The number of anilines is 1. The zero-order chi connectivity index (χ0) is 12.4. The molecule has 0 bridgehead atoms. The number of nitrogens with one attached hydrogen (secondary N) is 1. The number of amidine groups is 1. The number of hydrogen-bond acceptors (Lipinski definition) is 4. The van der Waals surface area contributed by atoms with Crippen molar-refractivity contribution in [2.45, 2.75) is 45.4 Å². The third-order valence-corrected chi connectivity index (χ3v) is 3.82. The molecule has 1 aromatic rings. The topological polar surface area (TPSA) is 37.3 Å². The van der Waals surface area contributed by atoms with E-state index >= 15 is 0 Å². The lowest BCUT2D eigenvalue weighted by Crippen LogP contribution is -2.23. The Morgan fingerprint density at radius 2 is 2.06 bits per heavy atom. The van der Waals surface area contributed by atoms with Gasteiger partial charge < -0.3 is 5.32 Å². The Balaban J connectivity index is 2.15. The first-order valence-corrected chi connectivity index (χ1v) is 6.88. The molecule has 0 aliphatic carbocycles. The first-order valence-electron chi connectivity index (χ1n) is 6.00. The Morgan fingerprint density at radius 1 is 1.29 bits per heavy atom. The molecule has 0 saturated heterocycles. The molecule has 3 nitrogen and oxygen atoms in total. The number of rotatable bonds is 1. The van der Waals surface area contributed by atoms with Crippen LogP contribution >= 0.6 is 11.8 Å². The lowest BCUT2D eigenvalue weighted by molar-refractivity contribution is 0.661. The van der Waals surface area contributed by atoms with Crippen molar-refractivity contribution in [3.8, 4) is 0 Å². The molecular weight excluding hydrogens is 230 g/mol. The number of aliphatic imine (C=N–C) groups is 1. The van der Waals surface area contributed by atoms with E-state index in [-0.39, 0.29) is 0 Å². The van der Waals surface area contributed by atoms with Crippen molar-refractivity contribution < 1.29 is 0 Å². The summed E-state index contributed by atoms with van der Waals surface area (Å²) in [4.78, 5) is 9.08. The molecule has 0 amide bonds. The van der Waals surface area contributed by atoms with E-state index in [1.165, 1.54) is 0 Å². The second-order valence-corrected chi connectivity index (χ2v) is 6.09. The molecule has 0 fully saturated rings. The SMILES string of the molecule is Cc1ccc(NC2=NC(C)CC(C)S2)c(C)n1. The predicted molar refractivity (Wildman–Crippen MR) is 75.9 cm³/mol. The first-order chi connectivity index (χ1) is 8.04. The van der Waals surface area contributed by atoms with Gasteiger partial charge in [0.2, 0.25) is 0 Å². The molecule has 0 saturated carbocycles. The minimum Gasteiger partial charge on any atom is -0.333 e. The second-order valence-electron chi connectivity index (χ2n) is 4.66. The molecule has 0 radical (unpaired) electrons. The van der Waals surface area contributed by atoms with Gasteiger partial charge in [-0.2, -0.15) is 0 Å². The number of pyridine rings is 1. The van der Waals surface area contributed by atoms with Crippen molar-refractivity contribution in [2.75, 3.05) is 5.32 Å². The fourth-order valence-electron chi connectivity index (χ4n) is 2.00. The van der Waals surface area contributed by atoms with Gasteiger partial charge in [-0.05, 0) is 39.3 Å². The molecule has 4 heteroatoms. The minimum atomic E-state index is 0.410. The molecule has 0 aromatic carbocycles. The number of aryl methyl sites for hydroxylation is 2. The van der Waals surface area contributed by atoms with Gasteiger partial charge >= 0.3 is 0 Å². The summed E-state index contributed by atoms with van der Waals surface area (Å²) in [6.07, 6.45) is 1.15. The minimum absolute atomic E-state index is 0.410. The summed E-state index contributed by atoms with van der Waals surface area (Å²) >= 11 is 1.81. The van der Waals surface area contributed by atoms with Crippen LogP contribution in [0.2, 0.25) is 0 Å². The standard InChI is InChI=1S/C13H19N3S/c1-8-5-6-12(11(4)14-8)16-13-15-9(2)7-10(3)17-13/h5-6,9-10H,7H2,1-4H3,(H,15,16). The molecule has 1 aromatic heterocycles. The van der Waals surface area contributed by atoms with Gasteiger partial charge in [0.1, 0.15) is 0 Å². The Morgan fingerprint density at radius 3 is 2.71 bits per heavy atom. The summed E-state index contributed by atoms with van der Waals surface area (Å²) in [6, 6.07) is 4.51. The van der Waals surface area contributed by atoms with Gasteiger partial charge in [0.15, 0.2) is 5.17 Å². The van der Waals surface area contributed by atoms with Crippen molar-refractivity contribution >= 4 is 22.6 Å². The van der Waals surface area contributed by atoms with E-state index in [2.05, 4.69) is 35.2 Å². The second kappa shape index (κ2) is 5.08. The maximum atomic E-state index is 4.63. The van der Waals surface area contributed by atoms with Gasteiger partial charge in [-0.3, -0.25) is 9.98 Å². The molecular formula is C13H19N3S. The van der Waals surface area contributed by atoms with Gasteiger partial charge in [-0.15, -0.1) is 0 Å². The Kier molecular flexibility index (Phi) is 3.72. The van der Waals surface area contributed by atoms with Crippen molar-refractivity contribution in [3.05, 3.63) is 23.5 Å². The molecule has 1 aliphatic rings. The molecule has 2 rings (SSSR count). The third-order valence-electron chi connectivity index (χ3n) is 2.79. The molecule has 1 aliphatic heterocycles. The predicted octanol–water partition coefficient (Wildman–Crippen LogP) is 3.38. The van der Waals surface area contributed by atoms with Crippen LogP contribution in [-0.2, 0) is 0 Å². The van der Waals surface area contributed by atoms with Crippen LogP contribution in [0.3, 0.4) is 0 Å². The van der Waals surface area contributed by atoms with Crippen molar-refractivity contribution in [2.24, 2.45) is 4.99 Å². The average molecular weight is 249 g/mol. The largest absolute Gasteiger partial charge is 0.333 e. The quantitative estimate of drug-likeness (QED) is 0.829. The summed E-state index contributed by atoms with van der Waals surface area (Å²) in [5.41, 5.74) is 3.13. The fraction of sp³-hybridized carbons (Fsp3) is 0.538. The summed E-state index contributed by atoms with van der Waals surface area (Å²) in [5.74, 6) is 0. The van der Waals surface area contributed by atoms with E-state index in [4.69, 9.17) is 0 Å². The van der Waals surface area contributed by atoms with Gasteiger partial charge in [0, 0.05) is 10.9 Å². The highest BCUT2D eigenvalue weighted by Gasteiger charge is 2.18. The van der Waals surface area contributed by atoms with Crippen molar-refractivity contribution in [1.82, 2.24) is 4.98 Å². The smallest absolute Gasteiger partial charge is 0.161 e. The van der Waals surface area contributed by atoms with Crippen molar-refractivity contribution in [3.63, 3.8) is 0 Å². The van der Waals surface area contributed by atoms with E-state index in [1.54, 1.807) is 0 Å². The highest BCUT2D eigenvalue weighted by Crippen LogP contribution is 2.26. The first kappa shape index (κ1) is 12.4. The lowest BCUT2D eigenvalue weighted by Gasteiger charge is -2.23. The van der Waals surface area contributed by atoms with Crippen LogP contribution in [-0.4, -0.2) is 21.4 Å². The van der Waals surface area contributed by atoms with Crippen LogP contribution in [0.1, 0.15) is 31.7 Å². The van der Waals surface area contributed by atoms with E-state index < -0.39 is 0 Å². The maximum absolute atomic E-state index is 4.63. The Labute approximate surface area is 107 Å². The molecule has 0 spiro atoms. The molecule has 17 heavy (non-hydrogen) atoms. The van der Waals surface area contributed by atoms with Crippen LogP contribution in [0.25, 0.3) is 0 Å². The summed E-state index contributed by atoms with van der Waals surface area (Å²) < 4.78 is 0. The molecule has 2 unspecified atom stereocenters. The van der Waals surface area contributed by atoms with Crippen LogP contribution < -0.4 is 5.32 Å². The van der Waals surface area contributed by atoms with Gasteiger partial charge in [0.25, 0.3) is 0 Å². The Bertz CT molecular complexity index is 442. The van der Waals surface area contributed by atoms with E-state index in [0.717, 1.165) is 28.7 Å². The molecule has 2 atom stereocenters. The van der Waals surface area contributed by atoms with E-state index in [1.807, 2.05) is 31.7 Å². The van der Waals surface area contributed by atoms with Crippen LogP contribution in [0.4, 0.5) is 5.69 Å². The molecule has 92 valence electrons. The van der Waals surface area contributed by atoms with Crippen molar-refractivity contribution in [1.29, 1.82) is 0 Å². The number of nitrogens with zero attached hydrogens (tertiary/aromatic N) is 2. The number of hydrogen-bond donors (Lipinski definition) is 1.